The van der Waals surface area contributed by atoms with Crippen LogP contribution >= 0.6 is 38.5 Å². The molecule has 1 aromatic rings. The van der Waals surface area contributed by atoms with Gasteiger partial charge in [-0.05, 0) is 50.7 Å². The van der Waals surface area contributed by atoms with Gasteiger partial charge in [-0.3, -0.25) is 0 Å². The van der Waals surface area contributed by atoms with Crippen LogP contribution < -0.4 is 11.5 Å². The van der Waals surface area contributed by atoms with E-state index < -0.39 is 0 Å². The average molecular weight is 342 g/mol. The highest BCUT2D eigenvalue weighted by Gasteiger charge is 2.06. The zero-order valence-electron chi connectivity index (χ0n) is 6.30. The summed E-state index contributed by atoms with van der Waals surface area (Å²) in [7, 11) is 0. The molecule has 4 N–H and O–H groups in total. The van der Waals surface area contributed by atoms with Crippen molar-refractivity contribution in [3.8, 4) is 0 Å². The number of hydrogen-bond donors (Lipinski definition) is 2. The summed E-state index contributed by atoms with van der Waals surface area (Å²) in [6.45, 7) is 0.417. The first-order chi connectivity index (χ1) is 5.65. The minimum Gasteiger partial charge on any atom is -0.329 e. The van der Waals surface area contributed by atoms with Crippen LogP contribution in [0.2, 0.25) is 0 Å². The molecule has 0 spiro atoms. The van der Waals surface area contributed by atoms with Gasteiger partial charge in [-0.2, -0.15) is 0 Å². The molecule has 1 heterocycles. The van der Waals surface area contributed by atoms with Gasteiger partial charge in [-0.25, -0.2) is 4.98 Å². The highest BCUT2D eigenvalue weighted by molar-refractivity contribution is 14.1. The molecule has 1 aromatic heterocycles. The fourth-order valence-corrected chi connectivity index (χ4v) is 1.40. The molecule has 0 amide bonds. The first-order valence-corrected chi connectivity index (χ1v) is 5.30. The topological polar surface area (TPSA) is 64.9 Å². The minimum atomic E-state index is -0.168. The standard InChI is InChI=1S/C7H9BrIN3/c8-7-4(9)1-2-6(12-7)5(11)3-10/h1-2,5H,3,10-11H2. The fraction of sp³-hybridized carbons (Fsp3) is 0.286. The zero-order valence-corrected chi connectivity index (χ0v) is 10.0. The van der Waals surface area contributed by atoms with Gasteiger partial charge in [0.25, 0.3) is 0 Å². The first kappa shape index (κ1) is 10.4. The van der Waals surface area contributed by atoms with Crippen LogP contribution in [0.5, 0.6) is 0 Å². The number of hydrogen-bond acceptors (Lipinski definition) is 3. The van der Waals surface area contributed by atoms with Crippen molar-refractivity contribution in [2.24, 2.45) is 11.5 Å². The second kappa shape index (κ2) is 4.50. The van der Waals surface area contributed by atoms with E-state index in [1.807, 2.05) is 12.1 Å². The lowest BCUT2D eigenvalue weighted by atomic mass is 10.2. The summed E-state index contributed by atoms with van der Waals surface area (Å²) in [5, 5.41) is 0. The molecular formula is C7H9BrIN3. The molecule has 0 saturated heterocycles. The number of nitrogens with two attached hydrogens (primary N) is 2. The molecule has 0 aliphatic carbocycles. The van der Waals surface area contributed by atoms with Gasteiger partial charge in [0, 0.05) is 10.1 Å². The molecule has 12 heavy (non-hydrogen) atoms. The quantitative estimate of drug-likeness (QED) is 0.631. The van der Waals surface area contributed by atoms with E-state index in [4.69, 9.17) is 11.5 Å². The second-order valence-corrected chi connectivity index (χ2v) is 4.26. The van der Waals surface area contributed by atoms with Gasteiger partial charge in [-0.1, -0.05) is 0 Å². The third-order valence-electron chi connectivity index (χ3n) is 1.46. The van der Waals surface area contributed by atoms with Crippen LogP contribution in [0.15, 0.2) is 16.7 Å². The first-order valence-electron chi connectivity index (χ1n) is 3.42. The molecule has 0 fully saturated rings. The third-order valence-corrected chi connectivity index (χ3v) is 3.67. The Labute approximate surface area is 93.2 Å². The van der Waals surface area contributed by atoms with Crippen molar-refractivity contribution in [3.05, 3.63) is 26.0 Å². The molecule has 0 aliphatic heterocycles. The Morgan fingerprint density at radius 1 is 1.58 bits per heavy atom. The van der Waals surface area contributed by atoms with E-state index in [1.54, 1.807) is 0 Å². The van der Waals surface area contributed by atoms with Crippen LogP contribution in [0.1, 0.15) is 11.7 Å². The lowest BCUT2D eigenvalue weighted by molar-refractivity contribution is 0.708. The molecule has 0 bridgehead atoms. The maximum Gasteiger partial charge on any atom is 0.119 e. The van der Waals surface area contributed by atoms with Gasteiger partial charge < -0.3 is 11.5 Å². The predicted octanol–water partition coefficient (Wildman–Crippen LogP) is 1.41. The highest BCUT2D eigenvalue weighted by Crippen LogP contribution is 2.18. The van der Waals surface area contributed by atoms with Gasteiger partial charge >= 0.3 is 0 Å². The molecule has 0 aromatic carbocycles. The van der Waals surface area contributed by atoms with E-state index in [0.717, 1.165) is 13.9 Å². The molecule has 3 nitrogen and oxygen atoms in total. The van der Waals surface area contributed by atoms with Crippen molar-refractivity contribution >= 4 is 38.5 Å². The predicted molar refractivity (Wildman–Crippen MR) is 60.6 cm³/mol. The molecule has 0 saturated carbocycles. The highest BCUT2D eigenvalue weighted by atomic mass is 127. The number of aromatic nitrogens is 1. The minimum absolute atomic E-state index is 0.168. The lowest BCUT2D eigenvalue weighted by Gasteiger charge is -2.08. The molecule has 66 valence electrons. The molecule has 1 unspecified atom stereocenters. The maximum absolute atomic E-state index is 5.70. The number of rotatable bonds is 2. The summed E-state index contributed by atoms with van der Waals surface area (Å²) in [6.07, 6.45) is 0. The Balaban J connectivity index is 2.96. The van der Waals surface area contributed by atoms with Crippen molar-refractivity contribution in [2.75, 3.05) is 6.54 Å². The summed E-state index contributed by atoms with van der Waals surface area (Å²) < 4.78 is 1.89. The Hall–Kier alpha value is 0.280. The number of pyridine rings is 1. The van der Waals surface area contributed by atoms with Crippen LogP contribution in [0.25, 0.3) is 0 Å². The van der Waals surface area contributed by atoms with Gasteiger partial charge in [0.2, 0.25) is 0 Å². The SMILES string of the molecule is NCC(N)c1ccc(I)c(Br)n1. The van der Waals surface area contributed by atoms with Crippen LogP contribution in [-0.2, 0) is 0 Å². The van der Waals surface area contributed by atoms with E-state index in [1.165, 1.54) is 0 Å². The van der Waals surface area contributed by atoms with Crippen LogP contribution in [0.3, 0.4) is 0 Å². The van der Waals surface area contributed by atoms with Crippen molar-refractivity contribution in [1.29, 1.82) is 0 Å². The summed E-state index contributed by atoms with van der Waals surface area (Å²) in [5.41, 5.74) is 11.9. The fourth-order valence-electron chi connectivity index (χ4n) is 0.759. The molecule has 0 radical (unpaired) electrons. The van der Waals surface area contributed by atoms with Crippen molar-refractivity contribution in [3.63, 3.8) is 0 Å². The second-order valence-electron chi connectivity index (χ2n) is 2.35. The molecule has 0 aliphatic rings. The Morgan fingerprint density at radius 3 is 2.75 bits per heavy atom. The summed E-state index contributed by atoms with van der Waals surface area (Å²) >= 11 is 5.52. The largest absolute Gasteiger partial charge is 0.329 e. The smallest absolute Gasteiger partial charge is 0.119 e. The maximum atomic E-state index is 5.70. The van der Waals surface area contributed by atoms with E-state index in [0.29, 0.717) is 6.54 Å². The van der Waals surface area contributed by atoms with Gasteiger partial charge in [0.1, 0.15) is 4.60 Å². The van der Waals surface area contributed by atoms with Crippen LogP contribution in [0, 0.1) is 3.57 Å². The molecule has 1 rings (SSSR count). The van der Waals surface area contributed by atoms with Crippen LogP contribution in [0.4, 0.5) is 0 Å². The Bertz CT molecular complexity index is 279. The summed E-state index contributed by atoms with van der Waals surface area (Å²) in [5.74, 6) is 0. The Kier molecular flexibility index (Phi) is 3.88. The van der Waals surface area contributed by atoms with Crippen LogP contribution in [-0.4, -0.2) is 11.5 Å². The number of halogens is 2. The van der Waals surface area contributed by atoms with E-state index in [2.05, 4.69) is 43.5 Å². The van der Waals surface area contributed by atoms with Crippen molar-refractivity contribution < 1.29 is 0 Å². The normalized spacial score (nSPS) is 13.0. The Morgan fingerprint density at radius 2 is 2.25 bits per heavy atom. The average Bonchev–Trinajstić information content (AvgIpc) is 2.08. The number of nitrogens with zero attached hydrogens (tertiary/aromatic N) is 1. The van der Waals surface area contributed by atoms with Gasteiger partial charge in [0.05, 0.1) is 11.7 Å². The molecular weight excluding hydrogens is 333 g/mol. The van der Waals surface area contributed by atoms with E-state index in [9.17, 15) is 0 Å². The van der Waals surface area contributed by atoms with E-state index in [-0.39, 0.29) is 6.04 Å². The summed E-state index contributed by atoms with van der Waals surface area (Å²) in [4.78, 5) is 4.25. The third kappa shape index (κ3) is 2.38. The van der Waals surface area contributed by atoms with E-state index >= 15 is 0 Å². The monoisotopic (exact) mass is 341 g/mol. The van der Waals surface area contributed by atoms with Crippen molar-refractivity contribution in [1.82, 2.24) is 4.98 Å². The lowest BCUT2D eigenvalue weighted by Crippen LogP contribution is -2.21. The van der Waals surface area contributed by atoms with Gasteiger partial charge in [-0.15, -0.1) is 0 Å². The molecule has 5 heteroatoms. The summed E-state index contributed by atoms with van der Waals surface area (Å²) in [6, 6.07) is 3.69. The molecule has 1 atom stereocenters. The zero-order chi connectivity index (χ0) is 9.14. The van der Waals surface area contributed by atoms with Crippen molar-refractivity contribution in [2.45, 2.75) is 6.04 Å². The van der Waals surface area contributed by atoms with Gasteiger partial charge in [0.15, 0.2) is 0 Å².